The molecule has 0 unspecified atom stereocenters. The summed E-state index contributed by atoms with van der Waals surface area (Å²) in [6, 6.07) is 0. The van der Waals surface area contributed by atoms with Gasteiger partial charge in [0.25, 0.3) is 0 Å². The standard InChI is InChI=1S/C13H24N2O/c1-13(5-2-6-13)10-15-12(16)9-11-3-7-14-8-4-11/h11,14H,2-10H2,1H3,(H,15,16). The van der Waals surface area contributed by atoms with Crippen LogP contribution < -0.4 is 10.6 Å². The first kappa shape index (κ1) is 11.9. The molecule has 3 heteroatoms. The van der Waals surface area contributed by atoms with E-state index < -0.39 is 0 Å². The molecule has 1 aliphatic carbocycles. The maximum atomic E-state index is 11.8. The molecule has 2 fully saturated rings. The van der Waals surface area contributed by atoms with Gasteiger partial charge >= 0.3 is 0 Å². The fourth-order valence-electron chi connectivity index (χ4n) is 2.69. The highest BCUT2D eigenvalue weighted by Gasteiger charge is 2.32. The van der Waals surface area contributed by atoms with Crippen molar-refractivity contribution in [1.82, 2.24) is 10.6 Å². The second kappa shape index (κ2) is 5.17. The van der Waals surface area contributed by atoms with Crippen LogP contribution in [0.25, 0.3) is 0 Å². The lowest BCUT2D eigenvalue weighted by atomic mass is 9.70. The molecule has 2 rings (SSSR count). The van der Waals surface area contributed by atoms with E-state index in [0.29, 0.717) is 11.3 Å². The average Bonchev–Trinajstić information content (AvgIpc) is 2.25. The van der Waals surface area contributed by atoms with E-state index in [1.807, 2.05) is 0 Å². The number of amides is 1. The number of nitrogens with one attached hydrogen (secondary N) is 2. The molecular weight excluding hydrogens is 200 g/mol. The van der Waals surface area contributed by atoms with Crippen molar-refractivity contribution < 1.29 is 4.79 Å². The summed E-state index contributed by atoms with van der Waals surface area (Å²) < 4.78 is 0. The molecular formula is C13H24N2O. The third-order valence-electron chi connectivity index (χ3n) is 4.21. The number of carbonyl (C=O) groups excluding carboxylic acids is 1. The Balaban J connectivity index is 1.63. The van der Waals surface area contributed by atoms with Gasteiger partial charge in [0.05, 0.1) is 0 Å². The second-order valence-electron chi connectivity index (χ2n) is 5.84. The van der Waals surface area contributed by atoms with Gasteiger partial charge in [0, 0.05) is 13.0 Å². The van der Waals surface area contributed by atoms with E-state index >= 15 is 0 Å². The molecule has 1 saturated carbocycles. The van der Waals surface area contributed by atoms with Crippen LogP contribution in [0.1, 0.15) is 45.4 Å². The van der Waals surface area contributed by atoms with Gasteiger partial charge in [0.1, 0.15) is 0 Å². The minimum atomic E-state index is 0.264. The van der Waals surface area contributed by atoms with Crippen LogP contribution in [0.15, 0.2) is 0 Å². The lowest BCUT2D eigenvalue weighted by molar-refractivity contribution is -0.123. The smallest absolute Gasteiger partial charge is 0.220 e. The monoisotopic (exact) mass is 224 g/mol. The van der Waals surface area contributed by atoms with E-state index in [4.69, 9.17) is 0 Å². The third-order valence-corrected chi connectivity index (χ3v) is 4.21. The van der Waals surface area contributed by atoms with Crippen LogP contribution in [0.4, 0.5) is 0 Å². The SMILES string of the molecule is CC1(CNC(=O)CC2CCNCC2)CCC1. The van der Waals surface area contributed by atoms with Crippen LogP contribution in [0.5, 0.6) is 0 Å². The van der Waals surface area contributed by atoms with Crippen LogP contribution in [0.2, 0.25) is 0 Å². The molecule has 3 nitrogen and oxygen atoms in total. The van der Waals surface area contributed by atoms with E-state index in [1.165, 1.54) is 19.3 Å². The van der Waals surface area contributed by atoms with Crippen LogP contribution in [0, 0.1) is 11.3 Å². The maximum absolute atomic E-state index is 11.8. The summed E-state index contributed by atoms with van der Waals surface area (Å²) >= 11 is 0. The number of piperidine rings is 1. The molecule has 0 atom stereocenters. The van der Waals surface area contributed by atoms with Gasteiger partial charge in [0.2, 0.25) is 5.91 Å². The van der Waals surface area contributed by atoms with Crippen molar-refractivity contribution in [2.45, 2.75) is 45.4 Å². The zero-order chi connectivity index (χ0) is 11.4. The topological polar surface area (TPSA) is 41.1 Å². The molecule has 0 spiro atoms. The second-order valence-corrected chi connectivity index (χ2v) is 5.84. The summed E-state index contributed by atoms with van der Waals surface area (Å²) in [6.45, 7) is 5.32. The van der Waals surface area contributed by atoms with Crippen molar-refractivity contribution in [1.29, 1.82) is 0 Å². The quantitative estimate of drug-likeness (QED) is 0.763. The fourth-order valence-corrected chi connectivity index (χ4v) is 2.69. The fraction of sp³-hybridized carbons (Fsp3) is 0.923. The lowest BCUT2D eigenvalue weighted by Crippen LogP contribution is -2.41. The minimum absolute atomic E-state index is 0.264. The van der Waals surface area contributed by atoms with Gasteiger partial charge in [-0.25, -0.2) is 0 Å². The zero-order valence-corrected chi connectivity index (χ0v) is 10.3. The molecule has 0 aromatic heterocycles. The molecule has 1 saturated heterocycles. The number of carbonyl (C=O) groups is 1. The number of hydrogen-bond donors (Lipinski definition) is 2. The summed E-state index contributed by atoms with van der Waals surface area (Å²) in [4.78, 5) is 11.8. The van der Waals surface area contributed by atoms with Gasteiger partial charge in [-0.2, -0.15) is 0 Å². The lowest BCUT2D eigenvalue weighted by Gasteiger charge is -2.38. The van der Waals surface area contributed by atoms with Crippen molar-refractivity contribution >= 4 is 5.91 Å². The van der Waals surface area contributed by atoms with Crippen molar-refractivity contribution in [3.63, 3.8) is 0 Å². The molecule has 92 valence electrons. The van der Waals surface area contributed by atoms with Crippen molar-refractivity contribution in [2.75, 3.05) is 19.6 Å². The minimum Gasteiger partial charge on any atom is -0.356 e. The molecule has 2 aliphatic rings. The predicted octanol–water partition coefficient (Wildman–Crippen LogP) is 1.68. The van der Waals surface area contributed by atoms with Gasteiger partial charge < -0.3 is 10.6 Å². The Labute approximate surface area is 98.4 Å². The molecule has 1 heterocycles. The number of rotatable bonds is 4. The van der Waals surface area contributed by atoms with Gasteiger partial charge in [-0.3, -0.25) is 4.79 Å². The Hall–Kier alpha value is -0.570. The Morgan fingerprint density at radius 3 is 2.62 bits per heavy atom. The Morgan fingerprint density at radius 2 is 2.06 bits per heavy atom. The van der Waals surface area contributed by atoms with E-state index in [0.717, 1.165) is 38.9 Å². The molecule has 16 heavy (non-hydrogen) atoms. The summed E-state index contributed by atoms with van der Waals surface area (Å²) in [5.74, 6) is 0.871. The van der Waals surface area contributed by atoms with E-state index in [-0.39, 0.29) is 5.91 Å². The Morgan fingerprint density at radius 1 is 1.38 bits per heavy atom. The van der Waals surface area contributed by atoms with E-state index in [2.05, 4.69) is 17.6 Å². The summed E-state index contributed by atoms with van der Waals surface area (Å²) in [7, 11) is 0. The predicted molar refractivity (Wildman–Crippen MR) is 65.2 cm³/mol. The van der Waals surface area contributed by atoms with Crippen LogP contribution >= 0.6 is 0 Å². The molecule has 1 aliphatic heterocycles. The summed E-state index contributed by atoms with van der Waals surface area (Å²) in [5, 5.41) is 6.44. The van der Waals surface area contributed by atoms with Gasteiger partial charge in [0.15, 0.2) is 0 Å². The molecule has 1 amide bonds. The first-order valence-corrected chi connectivity index (χ1v) is 6.65. The maximum Gasteiger partial charge on any atom is 0.220 e. The van der Waals surface area contributed by atoms with E-state index in [9.17, 15) is 4.79 Å². The largest absolute Gasteiger partial charge is 0.356 e. The Kier molecular flexibility index (Phi) is 3.85. The molecule has 2 N–H and O–H groups in total. The highest BCUT2D eigenvalue weighted by atomic mass is 16.1. The van der Waals surface area contributed by atoms with Crippen LogP contribution in [0.3, 0.4) is 0 Å². The zero-order valence-electron chi connectivity index (χ0n) is 10.3. The van der Waals surface area contributed by atoms with Gasteiger partial charge in [-0.15, -0.1) is 0 Å². The van der Waals surface area contributed by atoms with Crippen LogP contribution in [-0.4, -0.2) is 25.5 Å². The normalized spacial score (nSPS) is 24.8. The number of hydrogen-bond acceptors (Lipinski definition) is 2. The van der Waals surface area contributed by atoms with Crippen molar-refractivity contribution in [3.8, 4) is 0 Å². The van der Waals surface area contributed by atoms with Gasteiger partial charge in [-0.05, 0) is 50.1 Å². The van der Waals surface area contributed by atoms with Crippen LogP contribution in [-0.2, 0) is 4.79 Å². The van der Waals surface area contributed by atoms with Crippen molar-refractivity contribution in [2.24, 2.45) is 11.3 Å². The highest BCUT2D eigenvalue weighted by Crippen LogP contribution is 2.39. The first-order valence-electron chi connectivity index (χ1n) is 6.65. The highest BCUT2D eigenvalue weighted by molar-refractivity contribution is 5.76. The third kappa shape index (κ3) is 3.21. The average molecular weight is 224 g/mol. The first-order chi connectivity index (χ1) is 7.68. The van der Waals surface area contributed by atoms with Crippen molar-refractivity contribution in [3.05, 3.63) is 0 Å². The Bertz CT molecular complexity index is 242. The van der Waals surface area contributed by atoms with Gasteiger partial charge in [-0.1, -0.05) is 13.3 Å². The molecule has 0 radical (unpaired) electrons. The summed E-state index contributed by atoms with van der Waals surface area (Å²) in [5.41, 5.74) is 0.407. The van der Waals surface area contributed by atoms with E-state index in [1.54, 1.807) is 0 Å². The summed E-state index contributed by atoms with van der Waals surface area (Å²) in [6.07, 6.45) is 6.94. The molecule has 0 bridgehead atoms. The molecule has 0 aromatic carbocycles. The molecule has 0 aromatic rings.